The van der Waals surface area contributed by atoms with Gasteiger partial charge in [-0.3, -0.25) is 0 Å². The Bertz CT molecular complexity index is 7950. The van der Waals surface area contributed by atoms with Crippen LogP contribution in [0.4, 0.5) is 0 Å². The molecule has 0 bridgehead atoms. The second-order valence-electron chi connectivity index (χ2n) is 31.5. The minimum Gasteiger partial charge on any atom is -0.0622 e. The average molecular weight is 1520 g/mol. The van der Waals surface area contributed by atoms with Crippen molar-refractivity contribution < 1.29 is 0 Å². The third-order valence-corrected chi connectivity index (χ3v) is 24.7. The lowest BCUT2D eigenvalue weighted by Crippen LogP contribution is -1.94. The third kappa shape index (κ3) is 12.7. The molecule has 0 aliphatic carbocycles. The van der Waals surface area contributed by atoms with E-state index >= 15 is 0 Å². The van der Waals surface area contributed by atoms with Crippen molar-refractivity contribution in [3.8, 4) is 100 Å². The molecule has 0 aromatic heterocycles. The summed E-state index contributed by atoms with van der Waals surface area (Å²) in [6.45, 7) is 0. The van der Waals surface area contributed by atoms with Gasteiger partial charge in [0.1, 0.15) is 0 Å². The number of fused-ring (bicyclic) bond motifs is 12. The van der Waals surface area contributed by atoms with Crippen molar-refractivity contribution in [2.75, 3.05) is 0 Å². The summed E-state index contributed by atoms with van der Waals surface area (Å²) in [5, 5.41) is 30.5. The normalized spacial score (nSPS) is 11.5. The Kier molecular flexibility index (Phi) is 18.1. The largest absolute Gasteiger partial charge is 0.0622 e. The fourth-order valence-electron chi connectivity index (χ4n) is 19.2. The van der Waals surface area contributed by atoms with Crippen LogP contribution in [0.15, 0.2) is 473 Å². The Balaban J connectivity index is 0.000000108. The molecule has 120 heavy (non-hydrogen) atoms. The summed E-state index contributed by atoms with van der Waals surface area (Å²) in [5.74, 6) is 0. The van der Waals surface area contributed by atoms with E-state index in [0.29, 0.717) is 0 Å². The van der Waals surface area contributed by atoms with Crippen LogP contribution < -0.4 is 0 Å². The maximum atomic E-state index is 2.36. The van der Waals surface area contributed by atoms with Gasteiger partial charge in [0.2, 0.25) is 0 Å². The predicted octanol–water partition coefficient (Wildman–Crippen LogP) is 33.9. The molecule has 0 fully saturated rings. The van der Waals surface area contributed by atoms with Crippen molar-refractivity contribution in [2.45, 2.75) is 0 Å². The van der Waals surface area contributed by atoms with Crippen molar-refractivity contribution in [1.29, 1.82) is 0 Å². The summed E-state index contributed by atoms with van der Waals surface area (Å²) in [4.78, 5) is 0. The van der Waals surface area contributed by atoms with E-state index in [1.54, 1.807) is 0 Å². The lowest BCUT2D eigenvalue weighted by molar-refractivity contribution is 1.63. The Hall–Kier alpha value is -15.6. The molecular formula is C120H78. The van der Waals surface area contributed by atoms with Crippen LogP contribution in [-0.4, -0.2) is 0 Å². The van der Waals surface area contributed by atoms with Crippen molar-refractivity contribution in [1.82, 2.24) is 0 Å². The molecule has 0 unspecified atom stereocenters. The van der Waals surface area contributed by atoms with Crippen LogP contribution in [0.5, 0.6) is 0 Å². The molecule has 0 spiro atoms. The number of hydrogen-bond donors (Lipinski definition) is 0. The van der Waals surface area contributed by atoms with Gasteiger partial charge in [-0.25, -0.2) is 0 Å². The first kappa shape index (κ1) is 71.0. The van der Waals surface area contributed by atoms with Crippen molar-refractivity contribution in [2.24, 2.45) is 0 Å². The van der Waals surface area contributed by atoms with Gasteiger partial charge in [-0.2, -0.15) is 0 Å². The molecule has 0 amide bonds. The summed E-state index contributed by atoms with van der Waals surface area (Å²) >= 11 is 0. The first-order valence-electron chi connectivity index (χ1n) is 41.6. The summed E-state index contributed by atoms with van der Waals surface area (Å²) in [7, 11) is 0. The van der Waals surface area contributed by atoms with E-state index in [1.165, 1.54) is 229 Å². The smallest absolute Gasteiger partial charge is 0.00139 e. The quantitative estimate of drug-likeness (QED) is 0.126. The molecule has 0 saturated carbocycles. The molecule has 0 heterocycles. The van der Waals surface area contributed by atoms with Crippen molar-refractivity contribution in [3.05, 3.63) is 473 Å². The van der Waals surface area contributed by atoms with Gasteiger partial charge in [-0.15, -0.1) is 0 Å². The molecule has 0 aliphatic heterocycles. The summed E-state index contributed by atoms with van der Waals surface area (Å²) in [6.07, 6.45) is 0. The van der Waals surface area contributed by atoms with E-state index in [4.69, 9.17) is 0 Å². The predicted molar refractivity (Wildman–Crippen MR) is 518 cm³/mol. The number of rotatable bonds is 9. The molecule has 0 heteroatoms. The molecule has 0 N–H and O–H groups in total. The second-order valence-corrected chi connectivity index (χ2v) is 31.5. The molecule has 24 rings (SSSR count). The summed E-state index contributed by atoms with van der Waals surface area (Å²) < 4.78 is 0. The van der Waals surface area contributed by atoms with E-state index in [-0.39, 0.29) is 0 Å². The highest BCUT2D eigenvalue weighted by atomic mass is 14.3. The van der Waals surface area contributed by atoms with Gasteiger partial charge in [0, 0.05) is 0 Å². The van der Waals surface area contributed by atoms with Gasteiger partial charge in [0.25, 0.3) is 0 Å². The lowest BCUT2D eigenvalue weighted by Gasteiger charge is -2.21. The van der Waals surface area contributed by atoms with E-state index in [1.807, 2.05) is 0 Å². The van der Waals surface area contributed by atoms with Gasteiger partial charge in [-0.1, -0.05) is 443 Å². The van der Waals surface area contributed by atoms with Crippen LogP contribution >= 0.6 is 0 Å². The van der Waals surface area contributed by atoms with Crippen LogP contribution in [0.2, 0.25) is 0 Å². The fourth-order valence-corrected chi connectivity index (χ4v) is 19.2. The Morgan fingerprint density at radius 1 is 0.0833 bits per heavy atom. The number of benzene rings is 24. The molecule has 24 aromatic carbocycles. The fraction of sp³-hybridized carbons (Fsp3) is 0. The highest BCUT2D eigenvalue weighted by Gasteiger charge is 2.24. The van der Waals surface area contributed by atoms with Gasteiger partial charge in [-0.05, 0) is 260 Å². The van der Waals surface area contributed by atoms with Crippen LogP contribution in [-0.2, 0) is 0 Å². The summed E-state index contributed by atoms with van der Waals surface area (Å²) in [6, 6.07) is 173. The standard InChI is InChI=1S/3C40H26/c1-2-11-27(12-3-1)31-23-22-29-15-10-20-37(38(29)26-31)40-35-18-8-6-16-33(35)39(34-17-7-9-19-36(34)40)32-24-21-28-13-4-5-14-30(28)25-32;1-2-11-27(12-3-1)30-23-24-33-31(25-30)15-10-20-34(33)40-37-18-8-6-16-35(37)39(36-17-7-9-19-38(36)40)32-22-21-28-13-4-5-14-29(28)26-32;1-2-13-28(14-3-1)33-25-24-29-15-6-7-17-32(29)39(33)40-36-20-10-8-18-34(36)38(35-19-9-11-21-37(35)40)31-23-22-27-12-4-5-16-30(27)26-31/h3*1-26H. The first-order chi connectivity index (χ1) is 59.6. The minimum absolute atomic E-state index is 1.23. The van der Waals surface area contributed by atoms with E-state index in [2.05, 4.69) is 473 Å². The zero-order valence-electron chi connectivity index (χ0n) is 66.0. The van der Waals surface area contributed by atoms with Gasteiger partial charge < -0.3 is 0 Å². The van der Waals surface area contributed by atoms with Crippen LogP contribution in [0, 0.1) is 0 Å². The first-order valence-corrected chi connectivity index (χ1v) is 41.6. The van der Waals surface area contributed by atoms with Gasteiger partial charge in [0.05, 0.1) is 0 Å². The highest BCUT2D eigenvalue weighted by Crippen LogP contribution is 2.52. The topological polar surface area (TPSA) is 0 Å². The third-order valence-electron chi connectivity index (χ3n) is 24.7. The molecule has 558 valence electrons. The minimum atomic E-state index is 1.23. The SMILES string of the molecule is c1ccc(-c2ccc3c(-c4c5ccccc5c(-c5ccc6ccccc6c5)c5ccccc45)cccc3c2)cc1.c1ccc(-c2ccc3cccc(-c4c5ccccc5c(-c5ccc6ccccc6c5)c5ccccc45)c3c2)cc1.c1ccc(-c2ccc3ccccc3c2-c2c3ccccc3c(-c3ccc4ccccc4c3)c3ccccc23)cc1. The van der Waals surface area contributed by atoms with Crippen LogP contribution in [0.1, 0.15) is 0 Å². The molecule has 24 aromatic rings. The molecular weight excluding hydrogens is 1440 g/mol. The molecule has 0 aliphatic rings. The maximum absolute atomic E-state index is 2.36. The van der Waals surface area contributed by atoms with Crippen molar-refractivity contribution >= 4 is 129 Å². The number of hydrogen-bond acceptors (Lipinski definition) is 0. The van der Waals surface area contributed by atoms with E-state index < -0.39 is 0 Å². The summed E-state index contributed by atoms with van der Waals surface area (Å²) in [5.41, 5.74) is 22.8. The van der Waals surface area contributed by atoms with Crippen LogP contribution in [0.25, 0.3) is 229 Å². The lowest BCUT2D eigenvalue weighted by atomic mass is 9.82. The Morgan fingerprint density at radius 2 is 0.342 bits per heavy atom. The van der Waals surface area contributed by atoms with Gasteiger partial charge in [0.15, 0.2) is 0 Å². The molecule has 0 atom stereocenters. The Labute approximate surface area is 697 Å². The van der Waals surface area contributed by atoms with E-state index in [0.717, 1.165) is 0 Å². The second kappa shape index (κ2) is 30.5. The molecule has 0 nitrogen and oxygen atoms in total. The highest BCUT2D eigenvalue weighted by molar-refractivity contribution is 6.28. The zero-order chi connectivity index (χ0) is 79.4. The Morgan fingerprint density at radius 3 is 0.750 bits per heavy atom. The van der Waals surface area contributed by atoms with Crippen molar-refractivity contribution in [3.63, 3.8) is 0 Å². The van der Waals surface area contributed by atoms with Gasteiger partial charge >= 0.3 is 0 Å². The average Bonchev–Trinajstić information content (AvgIpc) is 0.734. The van der Waals surface area contributed by atoms with Crippen LogP contribution in [0.3, 0.4) is 0 Å². The zero-order valence-corrected chi connectivity index (χ0v) is 66.0. The molecule has 0 saturated heterocycles. The maximum Gasteiger partial charge on any atom is -0.00139 e. The molecule has 0 radical (unpaired) electrons. The monoisotopic (exact) mass is 1520 g/mol. The van der Waals surface area contributed by atoms with E-state index in [9.17, 15) is 0 Å².